The number of nitrogens with two attached hydrogens (primary N) is 1. The maximum Gasteiger partial charge on any atom is 0.328 e. The number of para-hydroxylation sites is 2. The summed E-state index contributed by atoms with van der Waals surface area (Å²) in [4.78, 5) is 23.3. The summed E-state index contributed by atoms with van der Waals surface area (Å²) < 4.78 is 2.73. The molecule has 1 amide bonds. The molecule has 1 heterocycles. The lowest BCUT2D eigenvalue weighted by atomic mass is 10.2. The standard InChI is InChI=1S/C12H14N4O2/c1-15-6-7-16(12(15)18)8-11(17)14-10-5-3-2-4-9(10)13/h2-7H,8,13H2,1H3,(H,14,17). The fraction of sp³-hybridized carbons (Fsp3) is 0.167. The minimum atomic E-state index is -0.291. The van der Waals surface area contributed by atoms with Crippen LogP contribution in [0, 0.1) is 0 Å². The summed E-state index contributed by atoms with van der Waals surface area (Å²) in [6.45, 7) is -0.0337. The maximum atomic E-state index is 11.8. The van der Waals surface area contributed by atoms with Crippen LogP contribution in [0.5, 0.6) is 0 Å². The smallest absolute Gasteiger partial charge is 0.328 e. The molecular weight excluding hydrogens is 232 g/mol. The van der Waals surface area contributed by atoms with E-state index in [-0.39, 0.29) is 18.1 Å². The van der Waals surface area contributed by atoms with Crippen molar-refractivity contribution in [3.05, 3.63) is 47.1 Å². The van der Waals surface area contributed by atoms with E-state index in [0.717, 1.165) is 0 Å². The Hall–Kier alpha value is -2.50. The predicted octanol–water partition coefficient (Wildman–Crippen LogP) is 0.408. The lowest BCUT2D eigenvalue weighted by molar-refractivity contribution is -0.116. The molecule has 1 aromatic carbocycles. The summed E-state index contributed by atoms with van der Waals surface area (Å²) >= 11 is 0. The van der Waals surface area contributed by atoms with E-state index in [1.165, 1.54) is 9.13 Å². The molecule has 0 bridgehead atoms. The van der Waals surface area contributed by atoms with Crippen LogP contribution in [0.25, 0.3) is 0 Å². The molecular formula is C12H14N4O2. The molecule has 6 nitrogen and oxygen atoms in total. The third-order valence-corrected chi connectivity index (χ3v) is 2.57. The molecule has 0 unspecified atom stereocenters. The van der Waals surface area contributed by atoms with Crippen LogP contribution in [-0.2, 0) is 18.4 Å². The Kier molecular flexibility index (Phi) is 3.18. The lowest BCUT2D eigenvalue weighted by Gasteiger charge is -2.07. The SMILES string of the molecule is Cn1ccn(CC(=O)Nc2ccccc2N)c1=O. The van der Waals surface area contributed by atoms with Crippen molar-refractivity contribution in [3.63, 3.8) is 0 Å². The van der Waals surface area contributed by atoms with E-state index in [9.17, 15) is 9.59 Å². The van der Waals surface area contributed by atoms with Crippen LogP contribution >= 0.6 is 0 Å². The number of amides is 1. The summed E-state index contributed by atoms with van der Waals surface area (Å²) in [6, 6.07) is 6.97. The van der Waals surface area contributed by atoms with Gasteiger partial charge in [0.25, 0.3) is 0 Å². The van der Waals surface area contributed by atoms with Gasteiger partial charge in [-0.15, -0.1) is 0 Å². The topological polar surface area (TPSA) is 82.1 Å². The second-order valence-electron chi connectivity index (χ2n) is 3.95. The second kappa shape index (κ2) is 4.79. The minimum Gasteiger partial charge on any atom is -0.397 e. The van der Waals surface area contributed by atoms with E-state index in [0.29, 0.717) is 11.4 Å². The summed E-state index contributed by atoms with van der Waals surface area (Å²) in [7, 11) is 1.63. The molecule has 0 aliphatic heterocycles. The largest absolute Gasteiger partial charge is 0.397 e. The number of anilines is 2. The number of carbonyl (C=O) groups is 1. The van der Waals surface area contributed by atoms with E-state index in [1.807, 2.05) is 0 Å². The van der Waals surface area contributed by atoms with Gasteiger partial charge < -0.3 is 15.6 Å². The molecule has 2 aromatic rings. The molecule has 0 aliphatic rings. The first-order valence-electron chi connectivity index (χ1n) is 5.44. The molecule has 3 N–H and O–H groups in total. The summed E-state index contributed by atoms with van der Waals surface area (Å²) in [5.74, 6) is -0.291. The van der Waals surface area contributed by atoms with Gasteiger partial charge in [0.2, 0.25) is 5.91 Å². The summed E-state index contributed by atoms with van der Waals surface area (Å²) in [5.41, 5.74) is 6.52. The average Bonchev–Trinajstić information content (AvgIpc) is 2.64. The van der Waals surface area contributed by atoms with Crippen LogP contribution in [0.2, 0.25) is 0 Å². The number of aryl methyl sites for hydroxylation is 1. The Morgan fingerprint density at radius 2 is 2.06 bits per heavy atom. The van der Waals surface area contributed by atoms with E-state index >= 15 is 0 Å². The van der Waals surface area contributed by atoms with E-state index in [1.54, 1.807) is 43.7 Å². The molecule has 0 radical (unpaired) electrons. The number of nitrogen functional groups attached to an aromatic ring is 1. The van der Waals surface area contributed by atoms with Gasteiger partial charge in [-0.1, -0.05) is 12.1 Å². The Balaban J connectivity index is 2.08. The molecule has 0 saturated heterocycles. The summed E-state index contributed by atoms with van der Waals surface area (Å²) in [5, 5.41) is 2.66. The number of nitrogens with zero attached hydrogens (tertiary/aromatic N) is 2. The Morgan fingerprint density at radius 1 is 1.33 bits per heavy atom. The molecule has 1 aromatic heterocycles. The molecule has 6 heteroatoms. The number of carbonyl (C=O) groups excluding carboxylic acids is 1. The zero-order valence-corrected chi connectivity index (χ0v) is 9.96. The van der Waals surface area contributed by atoms with Crippen molar-refractivity contribution in [1.29, 1.82) is 0 Å². The van der Waals surface area contributed by atoms with Gasteiger partial charge in [-0.25, -0.2) is 4.79 Å². The van der Waals surface area contributed by atoms with Crippen molar-refractivity contribution in [3.8, 4) is 0 Å². The Morgan fingerprint density at radius 3 is 2.67 bits per heavy atom. The monoisotopic (exact) mass is 246 g/mol. The molecule has 18 heavy (non-hydrogen) atoms. The highest BCUT2D eigenvalue weighted by atomic mass is 16.2. The minimum absolute atomic E-state index is 0.0337. The molecule has 0 aliphatic carbocycles. The Labute approximate surface area is 104 Å². The third-order valence-electron chi connectivity index (χ3n) is 2.57. The molecule has 2 rings (SSSR count). The van der Waals surface area contributed by atoms with Gasteiger partial charge in [0.15, 0.2) is 0 Å². The fourth-order valence-corrected chi connectivity index (χ4v) is 1.59. The van der Waals surface area contributed by atoms with Gasteiger partial charge in [-0.3, -0.25) is 9.36 Å². The summed E-state index contributed by atoms with van der Waals surface area (Å²) in [6.07, 6.45) is 3.17. The highest BCUT2D eigenvalue weighted by molar-refractivity contribution is 5.93. The quantitative estimate of drug-likeness (QED) is 0.769. The van der Waals surface area contributed by atoms with E-state index in [2.05, 4.69) is 5.32 Å². The van der Waals surface area contributed by atoms with Gasteiger partial charge in [-0.05, 0) is 12.1 Å². The Bertz CT molecular complexity index is 627. The maximum absolute atomic E-state index is 11.8. The number of rotatable bonds is 3. The molecule has 0 spiro atoms. The van der Waals surface area contributed by atoms with E-state index < -0.39 is 0 Å². The normalized spacial score (nSPS) is 10.3. The number of benzene rings is 1. The molecule has 0 atom stereocenters. The van der Waals surface area contributed by atoms with Crippen LogP contribution < -0.4 is 16.7 Å². The van der Waals surface area contributed by atoms with Crippen LogP contribution in [-0.4, -0.2) is 15.0 Å². The second-order valence-corrected chi connectivity index (χ2v) is 3.95. The van der Waals surface area contributed by atoms with Crippen LogP contribution in [0.3, 0.4) is 0 Å². The average molecular weight is 246 g/mol. The molecule has 94 valence electrons. The van der Waals surface area contributed by atoms with Gasteiger partial charge in [0.05, 0.1) is 11.4 Å². The van der Waals surface area contributed by atoms with Gasteiger partial charge in [0, 0.05) is 19.4 Å². The van der Waals surface area contributed by atoms with Gasteiger partial charge in [-0.2, -0.15) is 0 Å². The third kappa shape index (κ3) is 2.42. The van der Waals surface area contributed by atoms with Crippen molar-refractivity contribution >= 4 is 17.3 Å². The van der Waals surface area contributed by atoms with Crippen molar-refractivity contribution in [1.82, 2.24) is 9.13 Å². The zero-order chi connectivity index (χ0) is 13.1. The first-order chi connectivity index (χ1) is 8.58. The van der Waals surface area contributed by atoms with Crippen LogP contribution in [0.15, 0.2) is 41.5 Å². The molecule has 0 saturated carbocycles. The number of aromatic nitrogens is 2. The number of hydrogen-bond donors (Lipinski definition) is 2. The van der Waals surface area contributed by atoms with Crippen molar-refractivity contribution in [2.45, 2.75) is 6.54 Å². The van der Waals surface area contributed by atoms with Crippen LogP contribution in [0.1, 0.15) is 0 Å². The van der Waals surface area contributed by atoms with Crippen LogP contribution in [0.4, 0.5) is 11.4 Å². The van der Waals surface area contributed by atoms with Crippen molar-refractivity contribution in [2.75, 3.05) is 11.1 Å². The van der Waals surface area contributed by atoms with Gasteiger partial charge in [0.1, 0.15) is 6.54 Å². The van der Waals surface area contributed by atoms with E-state index in [4.69, 9.17) is 5.73 Å². The number of hydrogen-bond acceptors (Lipinski definition) is 3. The van der Waals surface area contributed by atoms with Crippen molar-refractivity contribution in [2.24, 2.45) is 7.05 Å². The number of nitrogens with one attached hydrogen (secondary N) is 1. The highest BCUT2D eigenvalue weighted by Crippen LogP contribution is 2.16. The highest BCUT2D eigenvalue weighted by Gasteiger charge is 2.07. The predicted molar refractivity (Wildman–Crippen MR) is 69.2 cm³/mol. The zero-order valence-electron chi connectivity index (χ0n) is 9.96. The molecule has 0 fully saturated rings. The lowest BCUT2D eigenvalue weighted by Crippen LogP contribution is -2.28. The fourth-order valence-electron chi connectivity index (χ4n) is 1.59. The first kappa shape index (κ1) is 12.0. The van der Waals surface area contributed by atoms with Gasteiger partial charge >= 0.3 is 5.69 Å². The first-order valence-corrected chi connectivity index (χ1v) is 5.44. The number of imidazole rings is 1. The van der Waals surface area contributed by atoms with Crippen molar-refractivity contribution < 1.29 is 4.79 Å².